The normalized spacial score (nSPS) is 17.8. The van der Waals surface area contributed by atoms with Crippen molar-refractivity contribution < 1.29 is 18.7 Å². The lowest BCUT2D eigenvalue weighted by Crippen LogP contribution is -2.34. The quantitative estimate of drug-likeness (QED) is 0.378. The summed E-state index contributed by atoms with van der Waals surface area (Å²) >= 11 is 0. The van der Waals surface area contributed by atoms with Gasteiger partial charge in [0.1, 0.15) is 5.82 Å². The Hall–Kier alpha value is -4.39. The van der Waals surface area contributed by atoms with E-state index >= 15 is 0 Å². The molecule has 2 aliphatic rings. The number of aromatic carboxylic acids is 1. The minimum absolute atomic E-state index is 0.0588. The number of piperidine rings is 1. The molecule has 8 nitrogen and oxygen atoms in total. The standard InChI is InChI=1S/C28H24F2N6O2/c29-28(30)13-19(14-28)25-24-21(18-6-7-23(32-16-18)35-10-8-17(15-31)9-11-35)12-22(27(37)38)33-26(24)36(34-25)20-4-2-1-3-5-20/h1-7,12,16-17,19H,8-11,13-14H2,(H,37,38). The number of anilines is 1. The molecule has 0 amide bonds. The number of pyridine rings is 2. The lowest BCUT2D eigenvalue weighted by Gasteiger charge is -2.34. The molecule has 0 spiro atoms. The van der Waals surface area contributed by atoms with Crippen LogP contribution >= 0.6 is 0 Å². The van der Waals surface area contributed by atoms with Crippen molar-refractivity contribution in [3.8, 4) is 22.9 Å². The van der Waals surface area contributed by atoms with E-state index in [0.717, 1.165) is 31.7 Å². The SMILES string of the molecule is N#CC1CCN(c2ccc(-c3cc(C(=O)O)nc4c3c(C3CC(F)(F)C3)nn4-c3ccccc3)cn2)CC1. The zero-order valence-corrected chi connectivity index (χ0v) is 20.4. The molecule has 1 aromatic carbocycles. The van der Waals surface area contributed by atoms with E-state index < -0.39 is 17.8 Å². The van der Waals surface area contributed by atoms with Gasteiger partial charge in [0.15, 0.2) is 11.3 Å². The first kappa shape index (κ1) is 24.0. The van der Waals surface area contributed by atoms with Crippen LogP contribution in [0.1, 0.15) is 47.8 Å². The van der Waals surface area contributed by atoms with Crippen LogP contribution in [0.2, 0.25) is 0 Å². The van der Waals surface area contributed by atoms with Gasteiger partial charge in [0, 0.05) is 49.5 Å². The molecule has 192 valence electrons. The summed E-state index contributed by atoms with van der Waals surface area (Å²) in [5, 5.41) is 24.3. The molecule has 10 heteroatoms. The van der Waals surface area contributed by atoms with Gasteiger partial charge in [-0.2, -0.15) is 10.4 Å². The van der Waals surface area contributed by atoms with Crippen LogP contribution in [0.4, 0.5) is 14.6 Å². The number of carbonyl (C=O) groups is 1. The number of hydrogen-bond donors (Lipinski definition) is 1. The second-order valence-electron chi connectivity index (χ2n) is 9.95. The number of para-hydroxylation sites is 1. The molecule has 1 aliphatic heterocycles. The molecule has 38 heavy (non-hydrogen) atoms. The van der Waals surface area contributed by atoms with E-state index in [9.17, 15) is 18.7 Å². The van der Waals surface area contributed by atoms with Gasteiger partial charge in [0.2, 0.25) is 5.92 Å². The zero-order chi connectivity index (χ0) is 26.4. The average molecular weight is 515 g/mol. The Bertz CT molecular complexity index is 1550. The zero-order valence-electron chi connectivity index (χ0n) is 20.4. The molecule has 6 rings (SSSR count). The lowest BCUT2D eigenvalue weighted by atomic mass is 9.78. The summed E-state index contributed by atoms with van der Waals surface area (Å²) in [6, 6.07) is 16.6. The Morgan fingerprint density at radius 2 is 1.84 bits per heavy atom. The number of fused-ring (bicyclic) bond motifs is 1. The van der Waals surface area contributed by atoms with Crippen LogP contribution in [-0.2, 0) is 0 Å². The van der Waals surface area contributed by atoms with E-state index in [1.807, 2.05) is 42.5 Å². The van der Waals surface area contributed by atoms with Crippen LogP contribution < -0.4 is 4.90 Å². The van der Waals surface area contributed by atoms with Gasteiger partial charge in [0.25, 0.3) is 0 Å². The minimum Gasteiger partial charge on any atom is -0.477 e. The van der Waals surface area contributed by atoms with Crippen molar-refractivity contribution in [3.05, 3.63) is 66.1 Å². The fraction of sp³-hybridized carbons (Fsp3) is 0.321. The van der Waals surface area contributed by atoms with Crippen molar-refractivity contribution in [2.45, 2.75) is 37.5 Å². The molecular weight excluding hydrogens is 490 g/mol. The number of hydrogen-bond acceptors (Lipinski definition) is 6. The van der Waals surface area contributed by atoms with Crippen LogP contribution in [0.5, 0.6) is 0 Å². The highest BCUT2D eigenvalue weighted by molar-refractivity contribution is 6.00. The lowest BCUT2D eigenvalue weighted by molar-refractivity contribution is -0.0873. The van der Waals surface area contributed by atoms with Gasteiger partial charge in [0.05, 0.1) is 22.8 Å². The number of rotatable bonds is 5. The van der Waals surface area contributed by atoms with E-state index in [1.165, 1.54) is 10.7 Å². The third-order valence-electron chi connectivity index (χ3n) is 7.42. The Kier molecular flexibility index (Phi) is 5.79. The van der Waals surface area contributed by atoms with Crippen molar-refractivity contribution in [3.63, 3.8) is 0 Å². The van der Waals surface area contributed by atoms with Gasteiger partial charge in [-0.05, 0) is 48.7 Å². The number of carboxylic acids is 1. The topological polar surface area (TPSA) is 108 Å². The molecule has 3 aromatic heterocycles. The van der Waals surface area contributed by atoms with Crippen LogP contribution in [0.25, 0.3) is 27.8 Å². The van der Waals surface area contributed by atoms with Crippen LogP contribution in [0.15, 0.2) is 54.7 Å². The summed E-state index contributed by atoms with van der Waals surface area (Å²) in [5.74, 6) is -3.58. The highest BCUT2D eigenvalue weighted by Gasteiger charge is 2.48. The third-order valence-corrected chi connectivity index (χ3v) is 7.42. The summed E-state index contributed by atoms with van der Waals surface area (Å²) in [4.78, 5) is 23.2. The third kappa shape index (κ3) is 4.24. The van der Waals surface area contributed by atoms with Gasteiger partial charge in [-0.3, -0.25) is 0 Å². The summed E-state index contributed by atoms with van der Waals surface area (Å²) < 4.78 is 29.3. The molecule has 0 bridgehead atoms. The van der Waals surface area contributed by atoms with E-state index in [0.29, 0.717) is 33.5 Å². The molecule has 1 N–H and O–H groups in total. The van der Waals surface area contributed by atoms with Crippen molar-refractivity contribution in [2.24, 2.45) is 5.92 Å². The second-order valence-corrected chi connectivity index (χ2v) is 9.95. The van der Waals surface area contributed by atoms with Crippen LogP contribution in [0.3, 0.4) is 0 Å². The van der Waals surface area contributed by atoms with E-state index in [1.54, 1.807) is 6.20 Å². The van der Waals surface area contributed by atoms with Gasteiger partial charge in [-0.1, -0.05) is 18.2 Å². The highest BCUT2D eigenvalue weighted by Crippen LogP contribution is 2.50. The van der Waals surface area contributed by atoms with Gasteiger partial charge in [-0.25, -0.2) is 28.2 Å². The van der Waals surface area contributed by atoms with Gasteiger partial charge < -0.3 is 10.0 Å². The Balaban J connectivity index is 1.48. The first-order valence-electron chi connectivity index (χ1n) is 12.5. The van der Waals surface area contributed by atoms with Crippen molar-refractivity contribution in [1.82, 2.24) is 19.7 Å². The smallest absolute Gasteiger partial charge is 0.354 e. The number of nitrogens with zero attached hydrogens (tertiary/aromatic N) is 6. The van der Waals surface area contributed by atoms with Crippen molar-refractivity contribution in [1.29, 1.82) is 5.26 Å². The number of carboxylic acid groups (broad SMARTS) is 1. The molecule has 4 heterocycles. The summed E-state index contributed by atoms with van der Waals surface area (Å²) in [7, 11) is 0. The molecule has 4 aromatic rings. The number of alkyl halides is 2. The molecule has 0 radical (unpaired) electrons. The predicted octanol–water partition coefficient (Wildman–Crippen LogP) is 5.43. The number of halogens is 2. The first-order valence-corrected chi connectivity index (χ1v) is 12.5. The molecular formula is C28H24F2N6O2. The Morgan fingerprint density at radius 1 is 1.11 bits per heavy atom. The maximum Gasteiger partial charge on any atom is 0.354 e. The van der Waals surface area contributed by atoms with E-state index in [4.69, 9.17) is 10.4 Å². The number of aromatic nitrogens is 4. The van der Waals surface area contributed by atoms with Gasteiger partial charge in [-0.15, -0.1) is 0 Å². The van der Waals surface area contributed by atoms with Crippen molar-refractivity contribution in [2.75, 3.05) is 18.0 Å². The first-order chi connectivity index (χ1) is 18.3. The maximum atomic E-state index is 13.9. The highest BCUT2D eigenvalue weighted by atomic mass is 19.3. The van der Waals surface area contributed by atoms with E-state index in [2.05, 4.69) is 20.9 Å². The number of benzene rings is 1. The van der Waals surface area contributed by atoms with Crippen molar-refractivity contribution >= 4 is 22.8 Å². The van der Waals surface area contributed by atoms with E-state index in [-0.39, 0.29) is 24.5 Å². The second kappa shape index (κ2) is 9.17. The predicted molar refractivity (Wildman–Crippen MR) is 137 cm³/mol. The molecule has 0 unspecified atom stereocenters. The Labute approximate surface area is 217 Å². The summed E-state index contributed by atoms with van der Waals surface area (Å²) in [6.45, 7) is 1.47. The summed E-state index contributed by atoms with van der Waals surface area (Å²) in [6.07, 6.45) is 2.60. The fourth-order valence-corrected chi connectivity index (χ4v) is 5.34. The minimum atomic E-state index is -2.75. The molecule has 0 atom stereocenters. The maximum absolute atomic E-state index is 13.9. The Morgan fingerprint density at radius 3 is 2.45 bits per heavy atom. The van der Waals surface area contributed by atoms with Gasteiger partial charge >= 0.3 is 5.97 Å². The molecule has 1 aliphatic carbocycles. The molecule has 1 saturated carbocycles. The molecule has 2 fully saturated rings. The number of nitriles is 1. The summed E-state index contributed by atoms with van der Waals surface area (Å²) in [5.41, 5.74) is 2.47. The monoisotopic (exact) mass is 514 g/mol. The largest absolute Gasteiger partial charge is 0.477 e. The fourth-order valence-electron chi connectivity index (χ4n) is 5.34. The average Bonchev–Trinajstić information content (AvgIpc) is 3.31. The van der Waals surface area contributed by atoms with Crippen LogP contribution in [-0.4, -0.2) is 49.8 Å². The molecule has 1 saturated heterocycles. The van der Waals surface area contributed by atoms with Crippen LogP contribution in [0, 0.1) is 17.2 Å².